The van der Waals surface area contributed by atoms with Gasteiger partial charge in [0, 0.05) is 0 Å². The van der Waals surface area contributed by atoms with Crippen LogP contribution < -0.4 is 0 Å². The molecule has 0 aromatic rings. The Morgan fingerprint density at radius 2 is 1.82 bits per heavy atom. The maximum absolute atomic E-state index is 10.6. The zero-order valence-electron chi connectivity index (χ0n) is 6.46. The highest BCUT2D eigenvalue weighted by atomic mass is 16.5. The molecule has 0 heterocycles. The average Bonchev–Trinajstić information content (AvgIpc) is 1.87. The maximum Gasteiger partial charge on any atom is 0.317 e. The fraction of sp³-hybridized carbons (Fsp3) is 0.571. The van der Waals surface area contributed by atoms with Crippen molar-refractivity contribution >= 4 is 11.9 Å². The van der Waals surface area contributed by atoms with Gasteiger partial charge in [-0.15, -0.1) is 0 Å². The first kappa shape index (κ1) is 9.94. The molecule has 4 nitrogen and oxygen atoms in total. The molecule has 4 heteroatoms. The van der Waals surface area contributed by atoms with Crippen LogP contribution in [0.1, 0.15) is 13.3 Å². The molecule has 0 saturated carbocycles. The Bertz CT molecular complexity index is 125. The summed E-state index contributed by atoms with van der Waals surface area (Å²) in [6.45, 7) is 5.27. The highest BCUT2D eigenvalue weighted by molar-refractivity contribution is 5.91. The van der Waals surface area contributed by atoms with E-state index in [0.717, 1.165) is 0 Å². The number of hydrogen-bond acceptors (Lipinski definition) is 4. The predicted molar refractivity (Wildman–Crippen MR) is 37.6 cm³/mol. The number of ether oxygens (including phenoxy) is 2. The highest BCUT2D eigenvalue weighted by Gasteiger charge is 2.09. The predicted octanol–water partition coefficient (Wildman–Crippen LogP) is 0.317. The molecule has 0 bridgehead atoms. The molecule has 1 radical (unpaired) electrons. The van der Waals surface area contributed by atoms with Crippen LogP contribution in [0.2, 0.25) is 0 Å². The minimum Gasteiger partial charge on any atom is -0.466 e. The second-order valence-electron chi connectivity index (χ2n) is 1.70. The Kier molecular flexibility index (Phi) is 5.15. The molecule has 0 aromatic heterocycles. The van der Waals surface area contributed by atoms with Crippen LogP contribution in [0.5, 0.6) is 0 Å². The fourth-order valence-electron chi connectivity index (χ4n) is 0.495. The summed E-state index contributed by atoms with van der Waals surface area (Å²) in [6.07, 6.45) is -0.330. The van der Waals surface area contributed by atoms with Gasteiger partial charge in [-0.05, 0) is 13.8 Å². The summed E-state index contributed by atoms with van der Waals surface area (Å²) in [5.74, 6) is -1.16. The molecular weight excluding hydrogens is 148 g/mol. The van der Waals surface area contributed by atoms with Crippen molar-refractivity contribution in [3.63, 3.8) is 0 Å². The van der Waals surface area contributed by atoms with E-state index >= 15 is 0 Å². The van der Waals surface area contributed by atoms with E-state index in [1.54, 1.807) is 6.92 Å². The van der Waals surface area contributed by atoms with Gasteiger partial charge < -0.3 is 9.47 Å². The average molecular weight is 159 g/mol. The molecule has 0 spiro atoms. The van der Waals surface area contributed by atoms with E-state index < -0.39 is 11.9 Å². The van der Waals surface area contributed by atoms with E-state index in [1.165, 1.54) is 0 Å². The van der Waals surface area contributed by atoms with E-state index in [4.69, 9.17) is 0 Å². The summed E-state index contributed by atoms with van der Waals surface area (Å²) < 4.78 is 8.91. The summed E-state index contributed by atoms with van der Waals surface area (Å²) >= 11 is 0. The van der Waals surface area contributed by atoms with Gasteiger partial charge in [-0.25, -0.2) is 0 Å². The number of carbonyl (C=O) groups is 2. The van der Waals surface area contributed by atoms with Crippen molar-refractivity contribution in [3.05, 3.63) is 6.92 Å². The normalized spacial score (nSPS) is 8.91. The zero-order chi connectivity index (χ0) is 8.69. The molecule has 63 valence electrons. The summed E-state index contributed by atoms with van der Waals surface area (Å²) in [4.78, 5) is 21.2. The zero-order valence-corrected chi connectivity index (χ0v) is 6.46. The first-order valence-corrected chi connectivity index (χ1v) is 3.31. The monoisotopic (exact) mass is 159 g/mol. The van der Waals surface area contributed by atoms with Crippen LogP contribution >= 0.6 is 0 Å². The molecule has 0 rings (SSSR count). The molecule has 0 aliphatic rings. The second kappa shape index (κ2) is 5.70. The maximum atomic E-state index is 10.6. The number of rotatable bonds is 4. The van der Waals surface area contributed by atoms with Gasteiger partial charge in [0.05, 0.1) is 13.2 Å². The number of esters is 2. The second-order valence-corrected chi connectivity index (χ2v) is 1.70. The Morgan fingerprint density at radius 1 is 1.27 bits per heavy atom. The first-order valence-electron chi connectivity index (χ1n) is 3.31. The Balaban J connectivity index is 3.49. The van der Waals surface area contributed by atoms with Crippen molar-refractivity contribution in [2.75, 3.05) is 13.2 Å². The Hall–Kier alpha value is -1.06. The summed E-state index contributed by atoms with van der Waals surface area (Å²) in [5.41, 5.74) is 0. The van der Waals surface area contributed by atoms with Gasteiger partial charge in [0.15, 0.2) is 0 Å². The molecule has 0 aromatic carbocycles. The van der Waals surface area contributed by atoms with E-state index in [-0.39, 0.29) is 19.6 Å². The van der Waals surface area contributed by atoms with Crippen LogP contribution in [-0.4, -0.2) is 25.2 Å². The van der Waals surface area contributed by atoms with Gasteiger partial charge in [0.25, 0.3) is 0 Å². The molecule has 0 N–H and O–H groups in total. The third kappa shape index (κ3) is 5.39. The van der Waals surface area contributed by atoms with Crippen molar-refractivity contribution in [2.24, 2.45) is 0 Å². The van der Waals surface area contributed by atoms with E-state index in [2.05, 4.69) is 16.4 Å². The molecular formula is C7H11O4. The van der Waals surface area contributed by atoms with Crippen molar-refractivity contribution < 1.29 is 19.1 Å². The van der Waals surface area contributed by atoms with Crippen LogP contribution in [0.25, 0.3) is 0 Å². The lowest BCUT2D eigenvalue weighted by molar-refractivity contribution is -0.153. The van der Waals surface area contributed by atoms with Crippen LogP contribution in [0.3, 0.4) is 0 Å². The SMILES string of the molecule is [CH2]COC(=O)CC(=O)OCC. The van der Waals surface area contributed by atoms with E-state index in [1.807, 2.05) is 0 Å². The van der Waals surface area contributed by atoms with Gasteiger partial charge >= 0.3 is 11.9 Å². The van der Waals surface area contributed by atoms with Gasteiger partial charge in [-0.2, -0.15) is 0 Å². The van der Waals surface area contributed by atoms with Gasteiger partial charge in [-0.1, -0.05) is 0 Å². The number of hydrogen-bond donors (Lipinski definition) is 0. The lowest BCUT2D eigenvalue weighted by Crippen LogP contribution is -2.13. The fourth-order valence-corrected chi connectivity index (χ4v) is 0.495. The van der Waals surface area contributed by atoms with Crippen molar-refractivity contribution in [1.82, 2.24) is 0 Å². The summed E-state index contributed by atoms with van der Waals surface area (Å²) in [7, 11) is 0. The van der Waals surface area contributed by atoms with Crippen LogP contribution in [-0.2, 0) is 19.1 Å². The Labute approximate surface area is 65.5 Å². The molecule has 11 heavy (non-hydrogen) atoms. The Morgan fingerprint density at radius 3 is 2.27 bits per heavy atom. The molecule has 0 fully saturated rings. The van der Waals surface area contributed by atoms with E-state index in [0.29, 0.717) is 0 Å². The molecule has 0 aliphatic carbocycles. The standard InChI is InChI=1S/C7H11O4/c1-3-10-6(8)5-7(9)11-4-2/h1,3-5H2,2H3. The van der Waals surface area contributed by atoms with Crippen LogP contribution in [0.15, 0.2) is 0 Å². The minimum atomic E-state index is -0.599. The molecule has 0 aliphatic heterocycles. The van der Waals surface area contributed by atoms with Gasteiger partial charge in [0.1, 0.15) is 6.42 Å². The lowest BCUT2D eigenvalue weighted by Gasteiger charge is -2.00. The van der Waals surface area contributed by atoms with E-state index in [9.17, 15) is 9.59 Å². The summed E-state index contributed by atoms with van der Waals surface area (Å²) in [5, 5.41) is 0. The first-order chi connectivity index (χ1) is 5.20. The number of carbonyl (C=O) groups excluding carboxylic acids is 2. The van der Waals surface area contributed by atoms with Gasteiger partial charge in [0.2, 0.25) is 0 Å². The molecule has 0 unspecified atom stereocenters. The lowest BCUT2D eigenvalue weighted by atomic mass is 10.4. The third-order valence-corrected chi connectivity index (χ3v) is 0.857. The summed E-state index contributed by atoms with van der Waals surface area (Å²) in [6, 6.07) is 0. The van der Waals surface area contributed by atoms with Crippen LogP contribution in [0, 0.1) is 6.92 Å². The third-order valence-electron chi connectivity index (χ3n) is 0.857. The molecule has 0 atom stereocenters. The topological polar surface area (TPSA) is 52.6 Å². The van der Waals surface area contributed by atoms with Crippen molar-refractivity contribution in [1.29, 1.82) is 0 Å². The van der Waals surface area contributed by atoms with Gasteiger partial charge in [-0.3, -0.25) is 9.59 Å². The minimum absolute atomic E-state index is 0.0399. The molecule has 0 amide bonds. The highest BCUT2D eigenvalue weighted by Crippen LogP contribution is 1.89. The largest absolute Gasteiger partial charge is 0.466 e. The smallest absolute Gasteiger partial charge is 0.317 e. The van der Waals surface area contributed by atoms with Crippen LogP contribution in [0.4, 0.5) is 0 Å². The van der Waals surface area contributed by atoms with Crippen molar-refractivity contribution in [2.45, 2.75) is 13.3 Å². The molecule has 0 saturated heterocycles. The quantitative estimate of drug-likeness (QED) is 0.437. The van der Waals surface area contributed by atoms with Crippen molar-refractivity contribution in [3.8, 4) is 0 Å².